The minimum atomic E-state index is -0.112. The molecule has 0 saturated carbocycles. The van der Waals surface area contributed by atoms with Crippen LogP contribution in [0, 0.1) is 6.92 Å². The van der Waals surface area contributed by atoms with Crippen LogP contribution < -0.4 is 52.4 Å². The number of benzene rings is 16. The molecule has 4 heterocycles. The molecule has 0 spiro atoms. The van der Waals surface area contributed by atoms with Crippen molar-refractivity contribution >= 4 is 138 Å². The Hall–Kier alpha value is -12.5. The van der Waals surface area contributed by atoms with Crippen LogP contribution >= 0.6 is 23.5 Å². The van der Waals surface area contributed by atoms with Crippen molar-refractivity contribution in [3.63, 3.8) is 0 Å². The lowest BCUT2D eigenvalue weighted by Crippen LogP contribution is -2.64. The monoisotopic (exact) mass is 1370 g/mol. The van der Waals surface area contributed by atoms with Gasteiger partial charge in [0.15, 0.2) is 0 Å². The lowest BCUT2D eigenvalue weighted by Gasteiger charge is -2.44. The van der Waals surface area contributed by atoms with E-state index in [1.54, 1.807) is 0 Å². The molecule has 0 radical (unpaired) electrons. The van der Waals surface area contributed by atoms with Gasteiger partial charge in [-0.2, -0.15) is 0 Å². The first-order valence-corrected chi connectivity index (χ1v) is 37.7. The van der Waals surface area contributed by atoms with E-state index in [0.717, 1.165) is 62.3 Å². The van der Waals surface area contributed by atoms with Gasteiger partial charge in [0.2, 0.25) is 13.4 Å². The van der Waals surface area contributed by atoms with E-state index >= 15 is 0 Å². The third kappa shape index (κ3) is 10.9. The number of para-hydroxylation sites is 3. The van der Waals surface area contributed by atoms with Crippen LogP contribution in [-0.2, 0) is 0 Å². The number of anilines is 12. The molecule has 105 heavy (non-hydrogen) atoms. The zero-order valence-electron chi connectivity index (χ0n) is 57.6. The Bertz CT molecular complexity index is 6010. The van der Waals surface area contributed by atoms with Crippen LogP contribution in [-0.4, -0.2) is 13.4 Å². The molecule has 0 atom stereocenters. The van der Waals surface area contributed by atoms with Gasteiger partial charge in [-0.3, -0.25) is 0 Å². The molecule has 16 aromatic carbocycles. The van der Waals surface area contributed by atoms with Gasteiger partial charge in [0.05, 0.1) is 5.69 Å². The van der Waals surface area contributed by atoms with E-state index < -0.39 is 0 Å². The second-order valence-corrected chi connectivity index (χ2v) is 29.7. The Morgan fingerprint density at radius 2 is 0.657 bits per heavy atom. The highest BCUT2D eigenvalue weighted by Crippen LogP contribution is 2.53. The molecular formula is C97H66B2N4S2. The summed E-state index contributed by atoms with van der Waals surface area (Å²) in [6, 6.07) is 142. The fraction of sp³-hybridized carbons (Fsp3) is 0.0103. The number of aryl methyl sites for hydroxylation is 1. The molecule has 0 N–H and O–H groups in total. The van der Waals surface area contributed by atoms with Crippen LogP contribution in [0.5, 0.6) is 0 Å². The van der Waals surface area contributed by atoms with Crippen molar-refractivity contribution in [2.24, 2.45) is 0 Å². The van der Waals surface area contributed by atoms with Crippen molar-refractivity contribution in [1.29, 1.82) is 0 Å². The Kier molecular flexibility index (Phi) is 15.5. The molecule has 0 aliphatic carbocycles. The fourth-order valence-corrected chi connectivity index (χ4v) is 19.1. The summed E-state index contributed by atoms with van der Waals surface area (Å²) in [5.74, 6) is 0. The summed E-state index contributed by atoms with van der Waals surface area (Å²) in [7, 11) is 0. The molecule has 0 bridgehead atoms. The standard InChI is InChI=1S/C97H66B2N4S2/c1-65-27-24-44-82(72-36-16-6-17-37-72)97(65)103-88-64-92-86(63-85(88)99-84-46-21-23-48-91(84)104-93-61-81(60-90(103)96(93)99)101(77-55-51-71(52-56-77)67-30-10-3-11-31-67)79-43-26-39-74(58-79)69-34-14-5-15-35-69)98-83-45-20-22-47-87(83)102(75-40-18-7-19-41-75)89-59-80(62-94(105-92)95(89)98)100(76-53-49-70(50-54-76)66-28-8-2-9-29-66)78-42-25-38-73(57-78)68-32-12-4-13-33-68/h2-64H,1H3. The molecule has 0 amide bonds. The lowest BCUT2D eigenvalue weighted by molar-refractivity contribution is 1.21. The first-order chi connectivity index (χ1) is 52.0. The van der Waals surface area contributed by atoms with Crippen LogP contribution in [0.1, 0.15) is 5.56 Å². The van der Waals surface area contributed by atoms with E-state index in [2.05, 4.69) is 409 Å². The average molecular weight is 1370 g/mol. The smallest absolute Gasteiger partial charge is 0.249 e. The summed E-state index contributed by atoms with van der Waals surface area (Å²) in [5, 5.41) is 0. The second-order valence-electron chi connectivity index (χ2n) is 27.5. The van der Waals surface area contributed by atoms with Crippen molar-refractivity contribution < 1.29 is 0 Å². The van der Waals surface area contributed by atoms with E-state index in [9.17, 15) is 0 Å². The number of nitrogens with zero attached hydrogens (tertiary/aromatic N) is 4. The third-order valence-corrected chi connectivity index (χ3v) is 23.7. The van der Waals surface area contributed by atoms with Crippen molar-refractivity contribution in [1.82, 2.24) is 0 Å². The minimum absolute atomic E-state index is 0.108. The fourth-order valence-electron chi connectivity index (χ4n) is 16.7. The van der Waals surface area contributed by atoms with Gasteiger partial charge >= 0.3 is 0 Å². The molecule has 4 aliphatic heterocycles. The topological polar surface area (TPSA) is 13.0 Å². The van der Waals surface area contributed by atoms with Gasteiger partial charge in [-0.25, -0.2) is 0 Å². The number of fused-ring (bicyclic) bond motifs is 8. The Morgan fingerprint density at radius 3 is 1.20 bits per heavy atom. The molecule has 16 aromatic rings. The predicted molar refractivity (Wildman–Crippen MR) is 448 cm³/mol. The predicted octanol–water partition coefficient (Wildman–Crippen LogP) is 22.8. The minimum Gasteiger partial charge on any atom is -0.311 e. The SMILES string of the molecule is Cc1cccc(-c2ccccc2)c1N1c2cc3c(cc2B2c4ccccc4Sc4cc(N(c5ccc(-c6ccccc6)cc5)c5cccc(-c6ccccc6)c5)cc1c42)B1c2ccccc2N(c2ccccc2)c2cc(N(c4ccc(-c5ccccc5)cc4)c4cccc(-c5ccccc5)c4)cc(c21)S3. The van der Waals surface area contributed by atoms with Crippen molar-refractivity contribution in [3.05, 3.63) is 388 Å². The summed E-state index contributed by atoms with van der Waals surface area (Å²) >= 11 is 3.83. The maximum absolute atomic E-state index is 2.68. The third-order valence-electron chi connectivity index (χ3n) is 21.4. The maximum atomic E-state index is 2.68. The zero-order chi connectivity index (χ0) is 69.5. The average Bonchev–Trinajstić information content (AvgIpc) is 0.689. The summed E-state index contributed by atoms with van der Waals surface area (Å²) in [5.41, 5.74) is 34.1. The van der Waals surface area contributed by atoms with Gasteiger partial charge in [-0.05, 0) is 188 Å². The van der Waals surface area contributed by atoms with Crippen molar-refractivity contribution in [2.75, 3.05) is 19.6 Å². The lowest BCUT2D eigenvalue weighted by atomic mass is 9.31. The van der Waals surface area contributed by atoms with Crippen LogP contribution in [0.15, 0.2) is 402 Å². The van der Waals surface area contributed by atoms with Crippen LogP contribution in [0.2, 0.25) is 0 Å². The Morgan fingerprint density at radius 1 is 0.238 bits per heavy atom. The quantitative estimate of drug-likeness (QED) is 0.106. The largest absolute Gasteiger partial charge is 0.311 e. The normalized spacial score (nSPS) is 12.7. The van der Waals surface area contributed by atoms with Crippen LogP contribution in [0.3, 0.4) is 0 Å². The van der Waals surface area contributed by atoms with E-state index in [4.69, 9.17) is 0 Å². The highest BCUT2D eigenvalue weighted by molar-refractivity contribution is 8.00. The molecule has 0 fully saturated rings. The first-order valence-electron chi connectivity index (χ1n) is 36.1. The zero-order valence-corrected chi connectivity index (χ0v) is 59.3. The number of rotatable bonds is 13. The van der Waals surface area contributed by atoms with E-state index in [1.807, 2.05) is 23.5 Å². The van der Waals surface area contributed by atoms with E-state index in [0.29, 0.717) is 0 Å². The van der Waals surface area contributed by atoms with Crippen LogP contribution in [0.4, 0.5) is 68.2 Å². The number of hydrogen-bond donors (Lipinski definition) is 0. The number of hydrogen-bond acceptors (Lipinski definition) is 6. The van der Waals surface area contributed by atoms with Gasteiger partial charge in [0.1, 0.15) is 0 Å². The summed E-state index contributed by atoms with van der Waals surface area (Å²) < 4.78 is 0. The molecular weight excluding hydrogens is 1310 g/mol. The maximum Gasteiger partial charge on any atom is 0.249 e. The molecule has 8 heteroatoms. The molecule has 4 aliphatic rings. The molecule has 0 aromatic heterocycles. The molecule has 0 unspecified atom stereocenters. The summed E-state index contributed by atoms with van der Waals surface area (Å²) in [6.45, 7) is 2.09. The van der Waals surface area contributed by atoms with Crippen LogP contribution in [0.25, 0.3) is 55.6 Å². The van der Waals surface area contributed by atoms with E-state index in [-0.39, 0.29) is 13.4 Å². The summed E-state index contributed by atoms with van der Waals surface area (Å²) in [4.78, 5) is 15.2. The van der Waals surface area contributed by atoms with Gasteiger partial charge in [-0.1, -0.05) is 314 Å². The van der Waals surface area contributed by atoms with E-state index in [1.165, 1.54) is 119 Å². The van der Waals surface area contributed by atoms with Gasteiger partial charge in [-0.15, -0.1) is 0 Å². The highest BCUT2D eigenvalue weighted by atomic mass is 32.2. The van der Waals surface area contributed by atoms with Gasteiger partial charge < -0.3 is 19.6 Å². The molecule has 0 saturated heterocycles. The molecule has 20 rings (SSSR count). The Balaban J connectivity index is 0.837. The second kappa shape index (κ2) is 26.1. The Labute approximate surface area is 623 Å². The van der Waals surface area contributed by atoms with Crippen molar-refractivity contribution in [3.8, 4) is 55.6 Å². The molecule has 492 valence electrons. The van der Waals surface area contributed by atoms with Gasteiger partial charge in [0.25, 0.3) is 0 Å². The molecule has 4 nitrogen and oxygen atoms in total. The van der Waals surface area contributed by atoms with Crippen molar-refractivity contribution in [2.45, 2.75) is 26.5 Å². The first kappa shape index (κ1) is 62.3. The highest BCUT2D eigenvalue weighted by Gasteiger charge is 2.47. The van der Waals surface area contributed by atoms with Gasteiger partial charge in [0, 0.05) is 87.7 Å². The summed E-state index contributed by atoms with van der Waals surface area (Å²) in [6.07, 6.45) is 0.